The molecule has 1 saturated heterocycles. The van der Waals surface area contributed by atoms with E-state index in [-0.39, 0.29) is 5.37 Å². The maximum absolute atomic E-state index is 13.1. The minimum atomic E-state index is -3.52. The zero-order chi connectivity index (χ0) is 17.7. The lowest BCUT2D eigenvalue weighted by Gasteiger charge is -2.23. The van der Waals surface area contributed by atoms with Gasteiger partial charge in [0.1, 0.15) is 5.75 Å². The summed E-state index contributed by atoms with van der Waals surface area (Å²) in [5, 5.41) is -0.160. The number of rotatable bonds is 7. The molecule has 25 heavy (non-hydrogen) atoms. The van der Waals surface area contributed by atoms with Gasteiger partial charge in [-0.3, -0.25) is 0 Å². The third-order valence-corrected chi connectivity index (χ3v) is 7.40. The number of ether oxygens (including phenoxy) is 1. The maximum Gasteiger partial charge on any atom is 0.244 e. The molecule has 134 valence electrons. The predicted octanol–water partition coefficient (Wildman–Crippen LogP) is 4.30. The monoisotopic (exact) mass is 377 g/mol. The van der Waals surface area contributed by atoms with Crippen LogP contribution in [0.1, 0.15) is 30.7 Å². The summed E-state index contributed by atoms with van der Waals surface area (Å²) in [6.45, 7) is 3.29. The highest BCUT2D eigenvalue weighted by atomic mass is 32.2. The Morgan fingerprint density at radius 2 is 1.84 bits per heavy atom. The van der Waals surface area contributed by atoms with Crippen molar-refractivity contribution in [2.24, 2.45) is 0 Å². The number of unbranched alkanes of at least 4 members (excludes halogenated alkanes) is 1. The summed E-state index contributed by atoms with van der Waals surface area (Å²) >= 11 is 1.66. The minimum Gasteiger partial charge on any atom is -0.494 e. The Balaban J connectivity index is 1.78. The lowest BCUT2D eigenvalue weighted by molar-refractivity contribution is 0.309. The Kier molecular flexibility index (Phi) is 6.04. The van der Waals surface area contributed by atoms with Crippen molar-refractivity contribution < 1.29 is 13.2 Å². The SMILES string of the molecule is CCCCOc1ccc(S(=O)(=O)N2CCS[C@@H]2c2ccccc2)cc1. The molecule has 3 rings (SSSR count). The molecule has 0 radical (unpaired) electrons. The van der Waals surface area contributed by atoms with Crippen molar-refractivity contribution in [3.63, 3.8) is 0 Å². The molecule has 2 aromatic carbocycles. The standard InChI is InChI=1S/C19H23NO3S2/c1-2-3-14-23-17-9-11-18(12-10-17)25(21,22)20-13-15-24-19(20)16-7-5-4-6-8-16/h4-12,19H,2-3,13-15H2,1H3/t19-/m1/s1. The highest BCUT2D eigenvalue weighted by Gasteiger charge is 2.36. The molecule has 0 N–H and O–H groups in total. The Labute approximate surface area is 154 Å². The molecule has 0 aliphatic carbocycles. The second-order valence-corrected chi connectivity index (χ2v) is 9.00. The quantitative estimate of drug-likeness (QED) is 0.675. The molecule has 0 bridgehead atoms. The van der Waals surface area contributed by atoms with Crippen LogP contribution in [0.5, 0.6) is 5.75 Å². The molecule has 0 aromatic heterocycles. The van der Waals surface area contributed by atoms with Crippen LogP contribution in [0, 0.1) is 0 Å². The van der Waals surface area contributed by atoms with Crippen molar-refractivity contribution in [3.8, 4) is 5.75 Å². The highest BCUT2D eigenvalue weighted by molar-refractivity contribution is 8.01. The Hall–Kier alpha value is -1.50. The van der Waals surface area contributed by atoms with Gasteiger partial charge in [-0.25, -0.2) is 8.42 Å². The maximum atomic E-state index is 13.1. The van der Waals surface area contributed by atoms with Gasteiger partial charge in [-0.1, -0.05) is 43.7 Å². The Morgan fingerprint density at radius 1 is 1.12 bits per heavy atom. The van der Waals surface area contributed by atoms with E-state index in [1.807, 2.05) is 30.3 Å². The van der Waals surface area contributed by atoms with Crippen molar-refractivity contribution in [2.45, 2.75) is 30.0 Å². The van der Waals surface area contributed by atoms with Crippen molar-refractivity contribution in [3.05, 3.63) is 60.2 Å². The molecule has 1 aliphatic rings. The first-order valence-electron chi connectivity index (χ1n) is 8.54. The van der Waals surface area contributed by atoms with Gasteiger partial charge in [-0.2, -0.15) is 4.31 Å². The van der Waals surface area contributed by atoms with Crippen LogP contribution in [0.3, 0.4) is 0 Å². The zero-order valence-corrected chi connectivity index (χ0v) is 15.9. The van der Waals surface area contributed by atoms with Gasteiger partial charge in [0.15, 0.2) is 0 Å². The van der Waals surface area contributed by atoms with Gasteiger partial charge in [-0.15, -0.1) is 11.8 Å². The van der Waals surface area contributed by atoms with E-state index < -0.39 is 10.0 Å². The van der Waals surface area contributed by atoms with Crippen molar-refractivity contribution in [1.82, 2.24) is 4.31 Å². The molecule has 4 nitrogen and oxygen atoms in total. The Morgan fingerprint density at radius 3 is 2.52 bits per heavy atom. The van der Waals surface area contributed by atoms with Gasteiger partial charge in [0, 0.05) is 12.3 Å². The van der Waals surface area contributed by atoms with Crippen LogP contribution in [-0.4, -0.2) is 31.6 Å². The molecule has 0 amide bonds. The third kappa shape index (κ3) is 4.19. The number of nitrogens with zero attached hydrogens (tertiary/aromatic N) is 1. The van der Waals surface area contributed by atoms with Crippen LogP contribution in [0.15, 0.2) is 59.5 Å². The van der Waals surface area contributed by atoms with Gasteiger partial charge < -0.3 is 4.74 Å². The lowest BCUT2D eigenvalue weighted by Crippen LogP contribution is -2.30. The van der Waals surface area contributed by atoms with Crippen LogP contribution < -0.4 is 4.74 Å². The van der Waals surface area contributed by atoms with Crippen molar-refractivity contribution >= 4 is 21.8 Å². The zero-order valence-electron chi connectivity index (χ0n) is 14.3. The molecular weight excluding hydrogens is 354 g/mol. The smallest absolute Gasteiger partial charge is 0.244 e. The molecule has 1 aliphatic heterocycles. The summed E-state index contributed by atoms with van der Waals surface area (Å²) in [6.07, 6.45) is 2.06. The first-order valence-corrected chi connectivity index (χ1v) is 11.0. The fourth-order valence-electron chi connectivity index (χ4n) is 2.76. The molecule has 2 aromatic rings. The first-order chi connectivity index (χ1) is 12.1. The van der Waals surface area contributed by atoms with Crippen LogP contribution in [0.4, 0.5) is 0 Å². The van der Waals surface area contributed by atoms with E-state index in [9.17, 15) is 8.42 Å². The third-order valence-electron chi connectivity index (χ3n) is 4.13. The second kappa shape index (κ2) is 8.25. The van der Waals surface area contributed by atoms with Gasteiger partial charge in [0.25, 0.3) is 0 Å². The molecule has 0 saturated carbocycles. The van der Waals surface area contributed by atoms with Crippen molar-refractivity contribution in [2.75, 3.05) is 18.9 Å². The summed E-state index contributed by atoms with van der Waals surface area (Å²) < 4.78 is 33.3. The molecule has 1 fully saturated rings. The average molecular weight is 378 g/mol. The van der Waals surface area contributed by atoms with E-state index in [4.69, 9.17) is 4.74 Å². The summed E-state index contributed by atoms with van der Waals surface area (Å²) in [4.78, 5) is 0.318. The van der Waals surface area contributed by atoms with Crippen molar-refractivity contribution in [1.29, 1.82) is 0 Å². The van der Waals surface area contributed by atoms with E-state index in [1.165, 1.54) is 0 Å². The predicted molar refractivity (Wildman–Crippen MR) is 102 cm³/mol. The fraction of sp³-hybridized carbons (Fsp3) is 0.368. The Bertz CT molecular complexity index is 776. The van der Waals surface area contributed by atoms with Crippen LogP contribution in [0.2, 0.25) is 0 Å². The van der Waals surface area contributed by atoms with Crippen LogP contribution >= 0.6 is 11.8 Å². The van der Waals surface area contributed by atoms with E-state index in [1.54, 1.807) is 40.3 Å². The van der Waals surface area contributed by atoms with E-state index >= 15 is 0 Å². The summed E-state index contributed by atoms with van der Waals surface area (Å²) in [6, 6.07) is 16.6. The number of sulfonamides is 1. The number of hydrogen-bond donors (Lipinski definition) is 0. The van der Waals surface area contributed by atoms with Crippen LogP contribution in [-0.2, 0) is 10.0 Å². The minimum absolute atomic E-state index is 0.160. The van der Waals surface area contributed by atoms with Gasteiger partial charge in [-0.05, 0) is 36.2 Å². The van der Waals surface area contributed by atoms with Gasteiger partial charge in [0.05, 0.1) is 16.9 Å². The summed E-state index contributed by atoms with van der Waals surface area (Å²) in [5.41, 5.74) is 1.02. The summed E-state index contributed by atoms with van der Waals surface area (Å²) in [5.74, 6) is 1.51. The molecular formula is C19H23NO3S2. The highest BCUT2D eigenvalue weighted by Crippen LogP contribution is 2.41. The number of thioether (sulfide) groups is 1. The number of benzene rings is 2. The molecule has 1 heterocycles. The molecule has 0 unspecified atom stereocenters. The number of hydrogen-bond acceptors (Lipinski definition) is 4. The lowest BCUT2D eigenvalue weighted by atomic mass is 10.2. The van der Waals surface area contributed by atoms with E-state index in [0.717, 1.165) is 24.2 Å². The molecule has 6 heteroatoms. The van der Waals surface area contributed by atoms with Gasteiger partial charge in [0.2, 0.25) is 10.0 Å². The largest absolute Gasteiger partial charge is 0.494 e. The van der Waals surface area contributed by atoms with Gasteiger partial charge >= 0.3 is 0 Å². The normalized spacial score (nSPS) is 18.4. The van der Waals surface area contributed by atoms with E-state index in [2.05, 4.69) is 6.92 Å². The fourth-order valence-corrected chi connectivity index (χ4v) is 6.00. The topological polar surface area (TPSA) is 46.6 Å². The average Bonchev–Trinajstić information content (AvgIpc) is 3.14. The molecule has 0 spiro atoms. The van der Waals surface area contributed by atoms with Crippen LogP contribution in [0.25, 0.3) is 0 Å². The second-order valence-electron chi connectivity index (χ2n) is 5.92. The van der Waals surface area contributed by atoms with E-state index in [0.29, 0.717) is 23.8 Å². The molecule has 1 atom stereocenters. The first kappa shape index (κ1) is 18.3. The summed E-state index contributed by atoms with van der Waals surface area (Å²) in [7, 11) is -3.52.